The van der Waals surface area contributed by atoms with E-state index in [-0.39, 0.29) is 11.9 Å². The van der Waals surface area contributed by atoms with Gasteiger partial charge in [0.1, 0.15) is 11.7 Å². The number of benzene rings is 1. The highest BCUT2D eigenvalue weighted by molar-refractivity contribution is 6.49. The zero-order valence-electron chi connectivity index (χ0n) is 19.9. The zero-order valence-corrected chi connectivity index (χ0v) is 19.9. The second-order valence-electron chi connectivity index (χ2n) is 9.48. The standard InChI is InChI=1S/C27H24N6O4/c34-25-22(23(26(35)30-25)20-14-29-21-3-1-2-7-33(20)21)17-5-4-16-13-28-19(15-32-8-6-18(17)24(16)32)27(36)31-9-11-37-12-10-31/h1-8,14,19,28H,9-13,15H2,(H,30,34,35). The van der Waals surface area contributed by atoms with E-state index in [9.17, 15) is 14.4 Å². The van der Waals surface area contributed by atoms with Crippen LogP contribution in [0.3, 0.4) is 0 Å². The number of pyridine rings is 1. The van der Waals surface area contributed by atoms with Crippen LogP contribution in [0, 0.1) is 0 Å². The predicted octanol–water partition coefficient (Wildman–Crippen LogP) is 1.19. The maximum Gasteiger partial charge on any atom is 0.261 e. The number of rotatable bonds is 3. The third-order valence-corrected chi connectivity index (χ3v) is 7.42. The molecule has 3 amide bonds. The van der Waals surface area contributed by atoms with Gasteiger partial charge in [-0.3, -0.25) is 24.1 Å². The quantitative estimate of drug-likeness (QED) is 0.413. The minimum atomic E-state index is -0.440. The van der Waals surface area contributed by atoms with Gasteiger partial charge in [-0.2, -0.15) is 0 Å². The number of imidazole rings is 1. The number of imide groups is 1. The molecule has 37 heavy (non-hydrogen) atoms. The number of hydrogen-bond acceptors (Lipinski definition) is 6. The van der Waals surface area contributed by atoms with Gasteiger partial charge in [0.2, 0.25) is 5.91 Å². The molecule has 0 radical (unpaired) electrons. The molecule has 7 rings (SSSR count). The third-order valence-electron chi connectivity index (χ3n) is 7.42. The fourth-order valence-electron chi connectivity index (χ4n) is 5.65. The Hall–Kier alpha value is -4.28. The lowest BCUT2D eigenvalue weighted by atomic mass is 9.95. The van der Waals surface area contributed by atoms with E-state index in [1.54, 1.807) is 6.20 Å². The van der Waals surface area contributed by atoms with Crippen molar-refractivity contribution in [3.8, 4) is 0 Å². The smallest absolute Gasteiger partial charge is 0.261 e. The molecule has 0 aliphatic carbocycles. The SMILES string of the molecule is O=C1NC(=O)C(c2cnc3ccccn23)=C1c1ccc2c3c1ccn3CC(C(=O)N1CCOCC1)NC2. The van der Waals surface area contributed by atoms with Crippen molar-refractivity contribution in [2.75, 3.05) is 26.3 Å². The Labute approximate surface area is 211 Å². The largest absolute Gasteiger partial charge is 0.378 e. The molecular weight excluding hydrogens is 472 g/mol. The lowest BCUT2D eigenvalue weighted by Gasteiger charge is -2.30. The number of amides is 3. The average molecular weight is 497 g/mol. The number of nitrogens with one attached hydrogen (secondary N) is 2. The van der Waals surface area contributed by atoms with Crippen LogP contribution in [0.1, 0.15) is 16.8 Å². The molecule has 0 bridgehead atoms. The first kappa shape index (κ1) is 22.0. The van der Waals surface area contributed by atoms with Crippen molar-refractivity contribution in [1.29, 1.82) is 0 Å². The number of ether oxygens (including phenoxy) is 1. The fourth-order valence-corrected chi connectivity index (χ4v) is 5.65. The number of carbonyl (C=O) groups is 3. The first-order valence-electron chi connectivity index (χ1n) is 12.3. The summed E-state index contributed by atoms with van der Waals surface area (Å²) in [7, 11) is 0. The summed E-state index contributed by atoms with van der Waals surface area (Å²) in [5.74, 6) is -0.804. The van der Waals surface area contributed by atoms with Gasteiger partial charge in [-0.15, -0.1) is 0 Å². The van der Waals surface area contributed by atoms with Crippen molar-refractivity contribution in [1.82, 2.24) is 29.5 Å². The fraction of sp³-hybridized carbons (Fsp3) is 0.259. The van der Waals surface area contributed by atoms with Crippen LogP contribution in [0.4, 0.5) is 0 Å². The van der Waals surface area contributed by atoms with Crippen molar-refractivity contribution >= 4 is 45.4 Å². The Kier molecular flexibility index (Phi) is 4.98. The van der Waals surface area contributed by atoms with Crippen molar-refractivity contribution in [2.45, 2.75) is 19.1 Å². The maximum atomic E-state index is 13.2. The number of morpholine rings is 1. The predicted molar refractivity (Wildman–Crippen MR) is 135 cm³/mol. The van der Waals surface area contributed by atoms with Gasteiger partial charge in [0.25, 0.3) is 11.8 Å². The second-order valence-corrected chi connectivity index (χ2v) is 9.48. The first-order chi connectivity index (χ1) is 18.1. The first-order valence-corrected chi connectivity index (χ1v) is 12.3. The molecule has 6 heterocycles. The number of carbonyl (C=O) groups excluding carboxylic acids is 3. The molecule has 2 N–H and O–H groups in total. The Balaban J connectivity index is 1.34. The van der Waals surface area contributed by atoms with Crippen LogP contribution in [-0.4, -0.2) is 68.9 Å². The van der Waals surface area contributed by atoms with E-state index in [4.69, 9.17) is 4.74 Å². The molecule has 0 spiro atoms. The molecular formula is C27H24N6O4. The molecule has 1 fully saturated rings. The van der Waals surface area contributed by atoms with Crippen LogP contribution in [0.25, 0.3) is 27.7 Å². The van der Waals surface area contributed by atoms with Gasteiger partial charge in [0.05, 0.1) is 41.8 Å². The topological polar surface area (TPSA) is 110 Å². The number of hydrogen-bond donors (Lipinski definition) is 2. The van der Waals surface area contributed by atoms with E-state index >= 15 is 0 Å². The van der Waals surface area contributed by atoms with Crippen LogP contribution >= 0.6 is 0 Å². The highest BCUT2D eigenvalue weighted by Crippen LogP contribution is 2.37. The third kappa shape index (κ3) is 3.40. The van der Waals surface area contributed by atoms with Gasteiger partial charge < -0.3 is 19.5 Å². The molecule has 1 saturated heterocycles. The molecule has 1 aromatic carbocycles. The van der Waals surface area contributed by atoms with Crippen molar-refractivity contribution in [3.05, 3.63) is 71.8 Å². The van der Waals surface area contributed by atoms with Gasteiger partial charge in [-0.1, -0.05) is 18.2 Å². The van der Waals surface area contributed by atoms with E-state index in [1.165, 1.54) is 0 Å². The summed E-state index contributed by atoms with van der Waals surface area (Å²) in [6.45, 7) is 3.30. The number of fused-ring (bicyclic) bond motifs is 1. The lowest BCUT2D eigenvalue weighted by Crippen LogP contribution is -2.51. The Bertz CT molecular complexity index is 1640. The van der Waals surface area contributed by atoms with Gasteiger partial charge in [0.15, 0.2) is 0 Å². The normalized spacial score (nSPS) is 20.1. The Morgan fingerprint density at radius 1 is 1.00 bits per heavy atom. The molecule has 1 unspecified atom stereocenters. The monoisotopic (exact) mass is 496 g/mol. The average Bonchev–Trinajstić information content (AvgIpc) is 3.57. The van der Waals surface area contributed by atoms with Crippen LogP contribution in [-0.2, 0) is 32.2 Å². The molecule has 4 aromatic rings. The van der Waals surface area contributed by atoms with E-state index in [1.807, 2.05) is 58.1 Å². The van der Waals surface area contributed by atoms with E-state index in [2.05, 4.69) is 20.2 Å². The second kappa shape index (κ2) is 8.39. The Morgan fingerprint density at radius 3 is 2.70 bits per heavy atom. The van der Waals surface area contributed by atoms with Gasteiger partial charge >= 0.3 is 0 Å². The van der Waals surface area contributed by atoms with Crippen LogP contribution in [0.15, 0.2) is 55.0 Å². The van der Waals surface area contributed by atoms with Crippen molar-refractivity contribution in [2.24, 2.45) is 0 Å². The summed E-state index contributed by atoms with van der Waals surface area (Å²) in [4.78, 5) is 45.6. The lowest BCUT2D eigenvalue weighted by molar-refractivity contribution is -0.138. The summed E-state index contributed by atoms with van der Waals surface area (Å²) in [6.07, 6.45) is 5.40. The minimum absolute atomic E-state index is 0.0663. The van der Waals surface area contributed by atoms with Crippen molar-refractivity contribution < 1.29 is 19.1 Å². The number of nitrogens with zero attached hydrogens (tertiary/aromatic N) is 4. The highest BCUT2D eigenvalue weighted by Gasteiger charge is 2.36. The molecule has 3 aliphatic heterocycles. The molecule has 10 nitrogen and oxygen atoms in total. The van der Waals surface area contributed by atoms with Gasteiger partial charge in [0, 0.05) is 44.0 Å². The van der Waals surface area contributed by atoms with Crippen LogP contribution < -0.4 is 10.6 Å². The van der Waals surface area contributed by atoms with E-state index in [0.29, 0.717) is 67.4 Å². The summed E-state index contributed by atoms with van der Waals surface area (Å²) in [5, 5.41) is 6.76. The van der Waals surface area contributed by atoms with Crippen LogP contribution in [0.5, 0.6) is 0 Å². The van der Waals surface area contributed by atoms with Crippen molar-refractivity contribution in [3.63, 3.8) is 0 Å². The molecule has 186 valence electrons. The summed E-state index contributed by atoms with van der Waals surface area (Å²) in [6, 6.07) is 11.0. The molecule has 10 heteroatoms. The molecule has 0 saturated carbocycles. The van der Waals surface area contributed by atoms with E-state index in [0.717, 1.165) is 16.5 Å². The Morgan fingerprint density at radius 2 is 1.84 bits per heavy atom. The maximum absolute atomic E-state index is 13.2. The number of aromatic nitrogens is 3. The van der Waals surface area contributed by atoms with Gasteiger partial charge in [-0.25, -0.2) is 4.98 Å². The zero-order chi connectivity index (χ0) is 25.1. The van der Waals surface area contributed by atoms with Crippen LogP contribution in [0.2, 0.25) is 0 Å². The van der Waals surface area contributed by atoms with E-state index < -0.39 is 11.8 Å². The summed E-state index contributed by atoms with van der Waals surface area (Å²) in [5.41, 5.74) is 4.56. The molecule has 1 atom stereocenters. The van der Waals surface area contributed by atoms with Gasteiger partial charge in [-0.05, 0) is 29.3 Å². The molecule has 3 aromatic heterocycles. The summed E-state index contributed by atoms with van der Waals surface area (Å²) >= 11 is 0. The molecule has 3 aliphatic rings. The minimum Gasteiger partial charge on any atom is -0.378 e. The summed E-state index contributed by atoms with van der Waals surface area (Å²) < 4.78 is 9.28. The highest BCUT2D eigenvalue weighted by atomic mass is 16.5.